The maximum absolute atomic E-state index is 13.5. The highest BCUT2D eigenvalue weighted by atomic mass is 19.1. The van der Waals surface area contributed by atoms with Gasteiger partial charge >= 0.3 is 6.09 Å². The van der Waals surface area contributed by atoms with E-state index in [1.807, 2.05) is 29.2 Å². The number of rotatable bonds is 4. The SMILES string of the molecule is O=C(c1ccccc1CN1CCOCC1)N1CCC[C@]2(CC1)CN(c1ccc(F)cc1)C(=O)O2. The molecule has 0 radical (unpaired) electrons. The Hall–Kier alpha value is -2.97. The molecule has 2 aromatic rings. The number of halogens is 1. The quantitative estimate of drug-likeness (QED) is 0.687. The maximum Gasteiger partial charge on any atom is 0.415 e. The van der Waals surface area contributed by atoms with Crippen LogP contribution in [0.4, 0.5) is 14.9 Å². The fourth-order valence-corrected chi connectivity index (χ4v) is 5.11. The summed E-state index contributed by atoms with van der Waals surface area (Å²) < 4.78 is 24.6. The molecule has 0 saturated carbocycles. The molecule has 5 rings (SSSR count). The third-order valence-corrected chi connectivity index (χ3v) is 7.04. The predicted octanol–water partition coefficient (Wildman–Crippen LogP) is 3.68. The first kappa shape index (κ1) is 22.8. The van der Waals surface area contributed by atoms with Crippen molar-refractivity contribution in [1.29, 1.82) is 0 Å². The Balaban J connectivity index is 1.27. The number of anilines is 1. The number of morpholine rings is 1. The van der Waals surface area contributed by atoms with Crippen LogP contribution in [0.25, 0.3) is 0 Å². The Morgan fingerprint density at radius 3 is 2.53 bits per heavy atom. The van der Waals surface area contributed by atoms with Gasteiger partial charge in [0.25, 0.3) is 5.91 Å². The van der Waals surface area contributed by atoms with Crippen LogP contribution in [0.1, 0.15) is 35.2 Å². The summed E-state index contributed by atoms with van der Waals surface area (Å²) in [5.74, 6) is -0.316. The van der Waals surface area contributed by atoms with Crippen LogP contribution >= 0.6 is 0 Å². The molecule has 180 valence electrons. The number of hydrogen-bond donors (Lipinski definition) is 0. The highest BCUT2D eigenvalue weighted by molar-refractivity contribution is 5.96. The van der Waals surface area contributed by atoms with Crippen molar-refractivity contribution in [3.63, 3.8) is 0 Å². The molecule has 3 aliphatic rings. The molecular weight excluding hydrogens is 437 g/mol. The number of ether oxygens (including phenoxy) is 2. The lowest BCUT2D eigenvalue weighted by Gasteiger charge is -2.28. The van der Waals surface area contributed by atoms with Crippen LogP contribution in [0.15, 0.2) is 48.5 Å². The molecule has 1 spiro atoms. The van der Waals surface area contributed by atoms with Gasteiger partial charge in [0.15, 0.2) is 0 Å². The van der Waals surface area contributed by atoms with Crippen LogP contribution in [0, 0.1) is 5.82 Å². The van der Waals surface area contributed by atoms with Gasteiger partial charge in [-0.1, -0.05) is 18.2 Å². The molecule has 3 fully saturated rings. The molecule has 0 unspecified atom stereocenters. The molecule has 2 amide bonds. The summed E-state index contributed by atoms with van der Waals surface area (Å²) in [4.78, 5) is 31.9. The molecule has 3 aliphatic heterocycles. The topological polar surface area (TPSA) is 62.3 Å². The second kappa shape index (κ2) is 9.72. The molecule has 7 nitrogen and oxygen atoms in total. The average Bonchev–Trinajstić information content (AvgIpc) is 3.04. The Morgan fingerprint density at radius 2 is 1.74 bits per heavy atom. The summed E-state index contributed by atoms with van der Waals surface area (Å²) in [5.41, 5.74) is 1.76. The van der Waals surface area contributed by atoms with Crippen LogP contribution in [0.5, 0.6) is 0 Å². The van der Waals surface area contributed by atoms with E-state index in [1.165, 1.54) is 12.1 Å². The van der Waals surface area contributed by atoms with Crippen molar-refractivity contribution in [2.24, 2.45) is 0 Å². The van der Waals surface area contributed by atoms with E-state index < -0.39 is 11.7 Å². The molecule has 3 saturated heterocycles. The lowest BCUT2D eigenvalue weighted by molar-refractivity contribution is 0.0339. The molecule has 2 aromatic carbocycles. The maximum atomic E-state index is 13.5. The minimum absolute atomic E-state index is 0.0284. The van der Waals surface area contributed by atoms with Crippen molar-refractivity contribution in [2.75, 3.05) is 50.8 Å². The first-order chi connectivity index (χ1) is 16.5. The normalized spacial score (nSPS) is 23.7. The van der Waals surface area contributed by atoms with Gasteiger partial charge in [0.05, 0.1) is 19.8 Å². The zero-order valence-electron chi connectivity index (χ0n) is 19.2. The highest BCUT2D eigenvalue weighted by Gasteiger charge is 2.46. The van der Waals surface area contributed by atoms with E-state index in [4.69, 9.17) is 9.47 Å². The summed E-state index contributed by atoms with van der Waals surface area (Å²) in [6.45, 7) is 5.46. The van der Waals surface area contributed by atoms with Gasteiger partial charge < -0.3 is 14.4 Å². The number of nitrogens with zero attached hydrogens (tertiary/aromatic N) is 3. The average molecular weight is 468 g/mol. The van der Waals surface area contributed by atoms with Gasteiger partial charge in [-0.05, 0) is 48.7 Å². The predicted molar refractivity (Wildman–Crippen MR) is 125 cm³/mol. The molecule has 1 atom stereocenters. The number of carbonyl (C=O) groups excluding carboxylic acids is 2. The zero-order valence-corrected chi connectivity index (χ0v) is 19.2. The lowest BCUT2D eigenvalue weighted by Crippen LogP contribution is -2.38. The summed E-state index contributed by atoms with van der Waals surface area (Å²) in [6, 6.07) is 13.7. The van der Waals surface area contributed by atoms with Crippen molar-refractivity contribution in [3.05, 3.63) is 65.5 Å². The van der Waals surface area contributed by atoms with Crippen molar-refractivity contribution >= 4 is 17.7 Å². The van der Waals surface area contributed by atoms with Crippen molar-refractivity contribution in [1.82, 2.24) is 9.80 Å². The molecule has 0 aliphatic carbocycles. The first-order valence-corrected chi connectivity index (χ1v) is 12.0. The second-order valence-electron chi connectivity index (χ2n) is 9.30. The summed E-state index contributed by atoms with van der Waals surface area (Å²) in [5, 5.41) is 0. The summed E-state index contributed by atoms with van der Waals surface area (Å²) in [7, 11) is 0. The monoisotopic (exact) mass is 467 g/mol. The number of hydrogen-bond acceptors (Lipinski definition) is 5. The van der Waals surface area contributed by atoms with Gasteiger partial charge in [0.1, 0.15) is 11.4 Å². The van der Waals surface area contributed by atoms with Crippen LogP contribution in [0.2, 0.25) is 0 Å². The lowest BCUT2D eigenvalue weighted by atomic mass is 9.95. The van der Waals surface area contributed by atoms with Gasteiger partial charge in [-0.25, -0.2) is 9.18 Å². The van der Waals surface area contributed by atoms with Gasteiger partial charge in [-0.2, -0.15) is 0 Å². The second-order valence-corrected chi connectivity index (χ2v) is 9.30. The van der Waals surface area contributed by atoms with Gasteiger partial charge in [-0.3, -0.25) is 14.6 Å². The Morgan fingerprint density at radius 1 is 0.971 bits per heavy atom. The standard InChI is InChI=1S/C26H30FN3O4/c27-21-6-8-22(9-7-21)30-19-26(34-25(30)32)10-3-12-29(13-11-26)24(31)23-5-2-1-4-20(23)18-28-14-16-33-17-15-28/h1-2,4-9H,3,10-19H2/t26-/m0/s1. The summed E-state index contributed by atoms with van der Waals surface area (Å²) >= 11 is 0. The molecule has 34 heavy (non-hydrogen) atoms. The van der Waals surface area contributed by atoms with Crippen LogP contribution in [-0.4, -0.2) is 73.3 Å². The fourth-order valence-electron chi connectivity index (χ4n) is 5.11. The number of benzene rings is 2. The van der Waals surface area contributed by atoms with Gasteiger partial charge in [0, 0.05) is 50.4 Å². The third kappa shape index (κ3) is 4.79. The Bertz CT molecular complexity index is 1040. The molecule has 0 bridgehead atoms. The number of amides is 2. The smallest absolute Gasteiger partial charge is 0.415 e. The number of carbonyl (C=O) groups is 2. The van der Waals surface area contributed by atoms with Crippen LogP contribution < -0.4 is 4.90 Å². The van der Waals surface area contributed by atoms with E-state index >= 15 is 0 Å². The van der Waals surface area contributed by atoms with Crippen LogP contribution in [-0.2, 0) is 16.0 Å². The Labute approximate surface area is 199 Å². The Kier molecular flexibility index (Phi) is 6.52. The molecule has 0 aromatic heterocycles. The minimum Gasteiger partial charge on any atom is -0.441 e. The van der Waals surface area contributed by atoms with E-state index in [2.05, 4.69) is 4.90 Å². The van der Waals surface area contributed by atoms with E-state index in [1.54, 1.807) is 17.0 Å². The molecular formula is C26H30FN3O4. The van der Waals surface area contributed by atoms with Crippen LogP contribution in [0.3, 0.4) is 0 Å². The van der Waals surface area contributed by atoms with Crippen molar-refractivity contribution in [2.45, 2.75) is 31.4 Å². The van der Waals surface area contributed by atoms with E-state index in [-0.39, 0.29) is 11.7 Å². The zero-order chi connectivity index (χ0) is 23.5. The minimum atomic E-state index is -0.631. The van der Waals surface area contributed by atoms with E-state index in [0.29, 0.717) is 38.2 Å². The number of likely N-dealkylation sites (tertiary alicyclic amines) is 1. The fraction of sp³-hybridized carbons (Fsp3) is 0.462. The first-order valence-electron chi connectivity index (χ1n) is 12.0. The molecule has 0 N–H and O–H groups in total. The highest BCUT2D eigenvalue weighted by Crippen LogP contribution is 2.36. The summed E-state index contributed by atoms with van der Waals surface area (Å²) in [6.07, 6.45) is 1.60. The third-order valence-electron chi connectivity index (χ3n) is 7.04. The van der Waals surface area contributed by atoms with Gasteiger partial charge in [-0.15, -0.1) is 0 Å². The van der Waals surface area contributed by atoms with E-state index in [0.717, 1.165) is 50.4 Å². The molecule has 8 heteroatoms. The van der Waals surface area contributed by atoms with Crippen molar-refractivity contribution in [3.8, 4) is 0 Å². The van der Waals surface area contributed by atoms with E-state index in [9.17, 15) is 14.0 Å². The molecule has 3 heterocycles. The van der Waals surface area contributed by atoms with Gasteiger partial charge in [0.2, 0.25) is 0 Å². The largest absolute Gasteiger partial charge is 0.441 e. The van der Waals surface area contributed by atoms with Crippen molar-refractivity contribution < 1.29 is 23.5 Å².